The Hall–Kier alpha value is -1.90. The highest BCUT2D eigenvalue weighted by Crippen LogP contribution is 2.21. The van der Waals surface area contributed by atoms with Crippen molar-refractivity contribution in [2.75, 3.05) is 22.6 Å². The molecule has 9 heteroatoms. The van der Waals surface area contributed by atoms with Crippen LogP contribution in [0.15, 0.2) is 12.1 Å². The second-order valence-corrected chi connectivity index (χ2v) is 6.37. The fourth-order valence-electron chi connectivity index (χ4n) is 1.83. The van der Waals surface area contributed by atoms with Gasteiger partial charge in [0, 0.05) is 6.04 Å². The number of hydrogen-bond donors (Lipinski definition) is 2. The molecule has 0 radical (unpaired) electrons. The summed E-state index contributed by atoms with van der Waals surface area (Å²) in [5.41, 5.74) is 5.28. The van der Waals surface area contributed by atoms with E-state index in [1.807, 2.05) is 0 Å². The Balaban J connectivity index is 2.17. The topological polar surface area (TPSA) is 128 Å². The zero-order valence-electron chi connectivity index (χ0n) is 9.37. The molecule has 1 aromatic rings. The Kier molecular flexibility index (Phi) is 3.07. The summed E-state index contributed by atoms with van der Waals surface area (Å²) in [5.74, 6) is 0.378. The van der Waals surface area contributed by atoms with Crippen LogP contribution in [0.25, 0.3) is 0 Å². The maximum atomic E-state index is 11.3. The van der Waals surface area contributed by atoms with E-state index in [2.05, 4.69) is 10.3 Å². The van der Waals surface area contributed by atoms with E-state index in [4.69, 9.17) is 5.73 Å². The fraction of sp³-hybridized carbons (Fsp3) is 0.444. The van der Waals surface area contributed by atoms with E-state index >= 15 is 0 Å². The molecule has 2 heterocycles. The van der Waals surface area contributed by atoms with Crippen molar-refractivity contribution in [2.24, 2.45) is 0 Å². The predicted octanol–water partition coefficient (Wildman–Crippen LogP) is 0.171. The van der Waals surface area contributed by atoms with Crippen molar-refractivity contribution < 1.29 is 13.3 Å². The van der Waals surface area contributed by atoms with Crippen molar-refractivity contribution >= 4 is 27.2 Å². The highest BCUT2D eigenvalue weighted by molar-refractivity contribution is 7.91. The molecular formula is C9H12N4O4S. The molecule has 98 valence electrons. The fourth-order valence-corrected chi connectivity index (χ4v) is 3.51. The summed E-state index contributed by atoms with van der Waals surface area (Å²) in [7, 11) is -3.01. The Bertz CT molecular complexity index is 586. The van der Waals surface area contributed by atoms with Crippen molar-refractivity contribution in [1.29, 1.82) is 0 Å². The van der Waals surface area contributed by atoms with Crippen LogP contribution in [0.1, 0.15) is 6.42 Å². The molecule has 0 bridgehead atoms. The highest BCUT2D eigenvalue weighted by atomic mass is 32.2. The normalized spacial score (nSPS) is 21.7. The highest BCUT2D eigenvalue weighted by Gasteiger charge is 2.28. The zero-order chi connectivity index (χ0) is 13.3. The number of nitro groups is 1. The van der Waals surface area contributed by atoms with E-state index in [1.54, 1.807) is 0 Å². The van der Waals surface area contributed by atoms with Crippen LogP contribution in [0, 0.1) is 10.1 Å². The van der Waals surface area contributed by atoms with Gasteiger partial charge in [0.15, 0.2) is 9.84 Å². The zero-order valence-corrected chi connectivity index (χ0v) is 10.2. The Labute approximate surface area is 103 Å². The van der Waals surface area contributed by atoms with Gasteiger partial charge in [-0.2, -0.15) is 0 Å². The van der Waals surface area contributed by atoms with Crippen molar-refractivity contribution in [2.45, 2.75) is 12.5 Å². The predicted molar refractivity (Wildman–Crippen MR) is 66.0 cm³/mol. The smallest absolute Gasteiger partial charge is 0.276 e. The first-order valence-electron chi connectivity index (χ1n) is 5.25. The molecule has 1 aliphatic rings. The van der Waals surface area contributed by atoms with Gasteiger partial charge in [0.2, 0.25) is 0 Å². The summed E-state index contributed by atoms with van der Waals surface area (Å²) in [6.07, 6.45) is 0.465. The quantitative estimate of drug-likeness (QED) is 0.592. The first-order valence-corrected chi connectivity index (χ1v) is 7.07. The molecule has 18 heavy (non-hydrogen) atoms. The van der Waals surface area contributed by atoms with Gasteiger partial charge in [-0.15, -0.1) is 0 Å². The van der Waals surface area contributed by atoms with E-state index in [1.165, 1.54) is 6.07 Å². The first kappa shape index (κ1) is 12.6. The van der Waals surface area contributed by atoms with Gasteiger partial charge >= 0.3 is 0 Å². The number of aromatic nitrogens is 1. The average molecular weight is 272 g/mol. The third-order valence-corrected chi connectivity index (χ3v) is 4.39. The van der Waals surface area contributed by atoms with Gasteiger partial charge < -0.3 is 11.1 Å². The molecule has 1 fully saturated rings. The van der Waals surface area contributed by atoms with Crippen molar-refractivity contribution in [3.05, 3.63) is 22.2 Å². The number of nitrogens with zero attached hydrogens (tertiary/aromatic N) is 2. The molecule has 0 aromatic carbocycles. The van der Waals surface area contributed by atoms with Crippen molar-refractivity contribution in [1.82, 2.24) is 4.98 Å². The van der Waals surface area contributed by atoms with Crippen LogP contribution >= 0.6 is 0 Å². The SMILES string of the molecule is Nc1cc([N+](=O)[O-])cc(NC2CCS(=O)(=O)C2)n1. The number of pyridine rings is 1. The van der Waals surface area contributed by atoms with Gasteiger partial charge in [-0.05, 0) is 6.42 Å². The van der Waals surface area contributed by atoms with Crippen molar-refractivity contribution in [3.63, 3.8) is 0 Å². The van der Waals surface area contributed by atoms with Gasteiger partial charge in [-0.3, -0.25) is 10.1 Å². The number of nitrogens with two attached hydrogens (primary N) is 1. The van der Waals surface area contributed by atoms with E-state index < -0.39 is 14.8 Å². The van der Waals surface area contributed by atoms with Crippen LogP contribution < -0.4 is 11.1 Å². The van der Waals surface area contributed by atoms with E-state index in [0.717, 1.165) is 6.07 Å². The molecule has 2 rings (SSSR count). The molecule has 0 spiro atoms. The average Bonchev–Trinajstić information content (AvgIpc) is 2.57. The third kappa shape index (κ3) is 2.86. The lowest BCUT2D eigenvalue weighted by molar-refractivity contribution is -0.384. The Morgan fingerprint density at radius 2 is 2.22 bits per heavy atom. The molecule has 0 saturated carbocycles. The lowest BCUT2D eigenvalue weighted by atomic mass is 10.2. The van der Waals surface area contributed by atoms with E-state index in [-0.39, 0.29) is 34.9 Å². The maximum absolute atomic E-state index is 11.3. The second-order valence-electron chi connectivity index (χ2n) is 4.14. The number of rotatable bonds is 3. The minimum atomic E-state index is -3.01. The van der Waals surface area contributed by atoms with Crippen LogP contribution in [0.2, 0.25) is 0 Å². The summed E-state index contributed by atoms with van der Waals surface area (Å²) >= 11 is 0. The number of nitrogen functional groups attached to an aromatic ring is 1. The number of hydrogen-bond acceptors (Lipinski definition) is 7. The van der Waals surface area contributed by atoms with Gasteiger partial charge in [0.25, 0.3) is 5.69 Å². The van der Waals surface area contributed by atoms with Crippen LogP contribution in [-0.4, -0.2) is 35.9 Å². The van der Waals surface area contributed by atoms with Gasteiger partial charge in [-0.1, -0.05) is 0 Å². The van der Waals surface area contributed by atoms with Crippen LogP contribution in [-0.2, 0) is 9.84 Å². The molecule has 0 amide bonds. The van der Waals surface area contributed by atoms with Crippen LogP contribution in [0.3, 0.4) is 0 Å². The summed E-state index contributed by atoms with van der Waals surface area (Å²) in [5, 5.41) is 13.5. The van der Waals surface area contributed by atoms with Gasteiger partial charge in [0.05, 0.1) is 28.6 Å². The lowest BCUT2D eigenvalue weighted by Gasteiger charge is -2.11. The summed E-state index contributed by atoms with van der Waals surface area (Å²) in [6.45, 7) is 0. The molecule has 0 aliphatic carbocycles. The maximum Gasteiger partial charge on any atom is 0.276 e. The summed E-state index contributed by atoms with van der Waals surface area (Å²) < 4.78 is 22.6. The molecule has 1 aromatic heterocycles. The van der Waals surface area contributed by atoms with Crippen molar-refractivity contribution in [3.8, 4) is 0 Å². The molecule has 1 atom stereocenters. The monoisotopic (exact) mass is 272 g/mol. The Morgan fingerprint density at radius 1 is 1.50 bits per heavy atom. The van der Waals surface area contributed by atoms with E-state index in [0.29, 0.717) is 6.42 Å². The minimum Gasteiger partial charge on any atom is -0.383 e. The standard InChI is InChI=1S/C9H12N4O4S/c10-8-3-7(13(14)15)4-9(12-8)11-6-1-2-18(16,17)5-6/h3-4,6H,1-2,5H2,(H3,10,11,12). The summed E-state index contributed by atoms with van der Waals surface area (Å²) in [6, 6.07) is 2.11. The first-order chi connectivity index (χ1) is 8.35. The van der Waals surface area contributed by atoms with Crippen LogP contribution in [0.4, 0.5) is 17.3 Å². The largest absolute Gasteiger partial charge is 0.383 e. The number of nitrogens with one attached hydrogen (secondary N) is 1. The van der Waals surface area contributed by atoms with Crippen LogP contribution in [0.5, 0.6) is 0 Å². The van der Waals surface area contributed by atoms with Gasteiger partial charge in [-0.25, -0.2) is 13.4 Å². The number of sulfone groups is 1. The molecule has 1 saturated heterocycles. The number of anilines is 2. The Morgan fingerprint density at radius 3 is 2.78 bits per heavy atom. The third-order valence-electron chi connectivity index (χ3n) is 2.63. The minimum absolute atomic E-state index is 0.0112. The second kappa shape index (κ2) is 4.41. The molecule has 8 nitrogen and oxygen atoms in total. The lowest BCUT2D eigenvalue weighted by Crippen LogP contribution is -2.21. The molecular weight excluding hydrogens is 260 g/mol. The molecule has 1 aliphatic heterocycles. The molecule has 1 unspecified atom stereocenters. The van der Waals surface area contributed by atoms with Gasteiger partial charge in [0.1, 0.15) is 11.6 Å². The summed E-state index contributed by atoms with van der Waals surface area (Å²) in [4.78, 5) is 14.0. The van der Waals surface area contributed by atoms with E-state index in [9.17, 15) is 18.5 Å². The molecule has 3 N–H and O–H groups in total.